The van der Waals surface area contributed by atoms with Gasteiger partial charge in [0.2, 0.25) is 0 Å². The van der Waals surface area contributed by atoms with Crippen LogP contribution in [0.5, 0.6) is 0 Å². The van der Waals surface area contributed by atoms with Gasteiger partial charge in [-0.3, -0.25) is 4.79 Å². The Morgan fingerprint density at radius 1 is 1.06 bits per heavy atom. The van der Waals surface area contributed by atoms with Crippen LogP contribution in [0, 0.1) is 6.92 Å². The first-order chi connectivity index (χ1) is 8.66. The van der Waals surface area contributed by atoms with E-state index in [9.17, 15) is 9.90 Å². The molecular weight excluding hydrogens is 224 g/mol. The summed E-state index contributed by atoms with van der Waals surface area (Å²) in [6, 6.07) is 17.4. The second kappa shape index (κ2) is 5.50. The number of carboxylic acid groups (broad SMARTS) is 1. The monoisotopic (exact) mass is 240 g/mol. The van der Waals surface area contributed by atoms with Crippen molar-refractivity contribution in [2.45, 2.75) is 19.3 Å². The second-order valence-corrected chi connectivity index (χ2v) is 4.49. The second-order valence-electron chi connectivity index (χ2n) is 4.49. The Kier molecular flexibility index (Phi) is 3.78. The molecule has 0 bridgehead atoms. The molecule has 0 aromatic heterocycles. The van der Waals surface area contributed by atoms with Crippen LogP contribution in [0.25, 0.3) is 0 Å². The van der Waals surface area contributed by atoms with Crippen molar-refractivity contribution in [2.75, 3.05) is 0 Å². The molecule has 0 aliphatic heterocycles. The van der Waals surface area contributed by atoms with E-state index in [1.165, 1.54) is 0 Å². The fourth-order valence-corrected chi connectivity index (χ4v) is 2.00. The summed E-state index contributed by atoms with van der Waals surface area (Å²) in [5.74, 6) is -1.25. The van der Waals surface area contributed by atoms with E-state index < -0.39 is 11.9 Å². The highest BCUT2D eigenvalue weighted by Gasteiger charge is 2.19. The largest absolute Gasteiger partial charge is 0.481 e. The SMILES string of the molecule is Cc1ccc(C(Cc2ccccc2)C(=O)O)cc1. The third kappa shape index (κ3) is 2.98. The fraction of sp³-hybridized carbons (Fsp3) is 0.188. The van der Waals surface area contributed by atoms with Crippen molar-refractivity contribution < 1.29 is 9.90 Å². The lowest BCUT2D eigenvalue weighted by Gasteiger charge is -2.13. The molecular formula is C16H16O2. The summed E-state index contributed by atoms with van der Waals surface area (Å²) >= 11 is 0. The van der Waals surface area contributed by atoms with E-state index in [-0.39, 0.29) is 0 Å². The lowest BCUT2D eigenvalue weighted by molar-refractivity contribution is -0.138. The first kappa shape index (κ1) is 12.4. The number of hydrogen-bond acceptors (Lipinski definition) is 1. The zero-order valence-corrected chi connectivity index (χ0v) is 10.3. The third-order valence-electron chi connectivity index (χ3n) is 3.06. The maximum Gasteiger partial charge on any atom is 0.311 e. The molecule has 0 fully saturated rings. The zero-order valence-electron chi connectivity index (χ0n) is 10.3. The quantitative estimate of drug-likeness (QED) is 0.889. The van der Waals surface area contributed by atoms with Crippen LogP contribution in [-0.4, -0.2) is 11.1 Å². The van der Waals surface area contributed by atoms with Gasteiger partial charge >= 0.3 is 5.97 Å². The summed E-state index contributed by atoms with van der Waals surface area (Å²) in [6.45, 7) is 2.00. The first-order valence-electron chi connectivity index (χ1n) is 6.00. The van der Waals surface area contributed by atoms with Crippen molar-refractivity contribution in [1.82, 2.24) is 0 Å². The maximum atomic E-state index is 11.4. The molecule has 92 valence electrons. The lowest BCUT2D eigenvalue weighted by Crippen LogP contribution is -2.14. The van der Waals surface area contributed by atoms with E-state index in [1.54, 1.807) is 0 Å². The Morgan fingerprint density at radius 3 is 2.22 bits per heavy atom. The van der Waals surface area contributed by atoms with Crippen LogP contribution >= 0.6 is 0 Å². The molecule has 1 atom stereocenters. The average molecular weight is 240 g/mol. The molecule has 2 heteroatoms. The van der Waals surface area contributed by atoms with Gasteiger partial charge in [0.15, 0.2) is 0 Å². The molecule has 2 nitrogen and oxygen atoms in total. The van der Waals surface area contributed by atoms with Crippen LogP contribution in [0.2, 0.25) is 0 Å². The van der Waals surface area contributed by atoms with Gasteiger partial charge in [-0.15, -0.1) is 0 Å². The summed E-state index contributed by atoms with van der Waals surface area (Å²) < 4.78 is 0. The predicted octanol–water partition coefficient (Wildman–Crippen LogP) is 3.41. The highest BCUT2D eigenvalue weighted by molar-refractivity contribution is 5.76. The van der Waals surface area contributed by atoms with Crippen LogP contribution in [0.1, 0.15) is 22.6 Å². The molecule has 0 saturated carbocycles. The average Bonchev–Trinajstić information content (AvgIpc) is 2.38. The standard InChI is InChI=1S/C16H16O2/c1-12-7-9-14(10-8-12)15(16(17)18)11-13-5-3-2-4-6-13/h2-10,15H,11H2,1H3,(H,17,18). The Labute approximate surface area is 107 Å². The summed E-state index contributed by atoms with van der Waals surface area (Å²) in [5, 5.41) is 9.36. The van der Waals surface area contributed by atoms with Gasteiger partial charge in [-0.1, -0.05) is 60.2 Å². The summed E-state index contributed by atoms with van der Waals surface area (Å²) in [7, 11) is 0. The van der Waals surface area contributed by atoms with E-state index >= 15 is 0 Å². The topological polar surface area (TPSA) is 37.3 Å². The number of aryl methyl sites for hydroxylation is 1. The van der Waals surface area contributed by atoms with Gasteiger partial charge in [-0.05, 0) is 24.5 Å². The van der Waals surface area contributed by atoms with Crippen LogP contribution in [0.3, 0.4) is 0 Å². The van der Waals surface area contributed by atoms with Crippen molar-refractivity contribution >= 4 is 5.97 Å². The van der Waals surface area contributed by atoms with E-state index in [2.05, 4.69) is 0 Å². The van der Waals surface area contributed by atoms with Crippen LogP contribution in [0.4, 0.5) is 0 Å². The smallest absolute Gasteiger partial charge is 0.311 e. The molecule has 0 radical (unpaired) electrons. The molecule has 0 amide bonds. The molecule has 0 heterocycles. The Bertz CT molecular complexity index is 515. The first-order valence-corrected chi connectivity index (χ1v) is 6.00. The summed E-state index contributed by atoms with van der Waals surface area (Å²) in [6.07, 6.45) is 0.527. The molecule has 0 spiro atoms. The molecule has 0 aliphatic rings. The predicted molar refractivity (Wildman–Crippen MR) is 71.7 cm³/mol. The minimum Gasteiger partial charge on any atom is -0.481 e. The molecule has 1 unspecified atom stereocenters. The fourth-order valence-electron chi connectivity index (χ4n) is 2.00. The van der Waals surface area contributed by atoms with Crippen LogP contribution < -0.4 is 0 Å². The number of aliphatic carboxylic acids is 1. The molecule has 1 N–H and O–H groups in total. The molecule has 2 aromatic rings. The van der Waals surface area contributed by atoms with E-state index in [0.29, 0.717) is 6.42 Å². The van der Waals surface area contributed by atoms with Gasteiger partial charge < -0.3 is 5.11 Å². The summed E-state index contributed by atoms with van der Waals surface area (Å²) in [4.78, 5) is 11.4. The van der Waals surface area contributed by atoms with E-state index in [1.807, 2.05) is 61.5 Å². The minimum atomic E-state index is -0.775. The van der Waals surface area contributed by atoms with Crippen LogP contribution in [-0.2, 0) is 11.2 Å². The van der Waals surface area contributed by atoms with Crippen LogP contribution in [0.15, 0.2) is 54.6 Å². The van der Waals surface area contributed by atoms with Crippen molar-refractivity contribution in [3.05, 3.63) is 71.3 Å². The number of benzene rings is 2. The van der Waals surface area contributed by atoms with Crippen molar-refractivity contribution in [2.24, 2.45) is 0 Å². The summed E-state index contributed by atoms with van der Waals surface area (Å²) in [5.41, 5.74) is 3.05. The zero-order chi connectivity index (χ0) is 13.0. The molecule has 0 aliphatic carbocycles. The number of hydrogen-bond donors (Lipinski definition) is 1. The molecule has 18 heavy (non-hydrogen) atoms. The maximum absolute atomic E-state index is 11.4. The minimum absolute atomic E-state index is 0.479. The van der Waals surface area contributed by atoms with Gasteiger partial charge in [0.25, 0.3) is 0 Å². The number of rotatable bonds is 4. The Hall–Kier alpha value is -2.09. The highest BCUT2D eigenvalue weighted by atomic mass is 16.4. The van der Waals surface area contributed by atoms with Gasteiger partial charge in [0, 0.05) is 0 Å². The molecule has 2 rings (SSSR count). The lowest BCUT2D eigenvalue weighted by atomic mass is 9.91. The third-order valence-corrected chi connectivity index (χ3v) is 3.06. The molecule has 0 saturated heterocycles. The van der Waals surface area contributed by atoms with Gasteiger partial charge in [-0.25, -0.2) is 0 Å². The highest BCUT2D eigenvalue weighted by Crippen LogP contribution is 2.21. The van der Waals surface area contributed by atoms with Gasteiger partial charge in [0.1, 0.15) is 0 Å². The Balaban J connectivity index is 2.24. The van der Waals surface area contributed by atoms with E-state index in [4.69, 9.17) is 0 Å². The van der Waals surface area contributed by atoms with Crippen molar-refractivity contribution in [3.63, 3.8) is 0 Å². The van der Waals surface area contributed by atoms with Gasteiger partial charge in [-0.2, -0.15) is 0 Å². The van der Waals surface area contributed by atoms with Crippen molar-refractivity contribution in [3.8, 4) is 0 Å². The van der Waals surface area contributed by atoms with Crippen molar-refractivity contribution in [1.29, 1.82) is 0 Å². The normalized spacial score (nSPS) is 12.1. The Morgan fingerprint density at radius 2 is 1.67 bits per heavy atom. The number of carboxylic acids is 1. The molecule has 2 aromatic carbocycles. The van der Waals surface area contributed by atoms with E-state index in [0.717, 1.165) is 16.7 Å². The van der Waals surface area contributed by atoms with Gasteiger partial charge in [0.05, 0.1) is 5.92 Å². The number of carbonyl (C=O) groups is 1.